The second kappa shape index (κ2) is 7.64. The normalized spacial score (nSPS) is 10.7. The molecule has 0 unspecified atom stereocenters. The van der Waals surface area contributed by atoms with E-state index in [9.17, 15) is 4.39 Å². The van der Waals surface area contributed by atoms with Crippen LogP contribution in [0.1, 0.15) is 18.1 Å². The van der Waals surface area contributed by atoms with Gasteiger partial charge in [-0.15, -0.1) is 0 Å². The van der Waals surface area contributed by atoms with Gasteiger partial charge in [0, 0.05) is 18.2 Å². The molecule has 0 bridgehead atoms. The van der Waals surface area contributed by atoms with Crippen LogP contribution in [0.3, 0.4) is 0 Å². The molecule has 0 saturated carbocycles. The van der Waals surface area contributed by atoms with Gasteiger partial charge in [0.15, 0.2) is 0 Å². The number of hydrogen-bond acceptors (Lipinski definition) is 2. The van der Waals surface area contributed by atoms with Crippen molar-refractivity contribution in [3.05, 3.63) is 63.4 Å². The number of benzene rings is 2. The summed E-state index contributed by atoms with van der Waals surface area (Å²) in [4.78, 5) is 0. The lowest BCUT2D eigenvalue weighted by Gasteiger charge is -2.10. The van der Waals surface area contributed by atoms with E-state index < -0.39 is 0 Å². The number of halogens is 3. The standard InChI is InChI=1S/C16H16Cl2FNO/c1-2-20-9-11-6-13(19)8-14(7-11)21-10-12-4-3-5-15(17)16(12)18/h3-8,20H,2,9-10H2,1H3. The maximum absolute atomic E-state index is 13.6. The fourth-order valence-electron chi connectivity index (χ4n) is 1.90. The first-order valence-electron chi connectivity index (χ1n) is 6.66. The summed E-state index contributed by atoms with van der Waals surface area (Å²) >= 11 is 12.0. The van der Waals surface area contributed by atoms with Crippen LogP contribution in [0.4, 0.5) is 4.39 Å². The molecule has 2 aromatic rings. The Hall–Kier alpha value is -1.29. The van der Waals surface area contributed by atoms with E-state index in [1.807, 2.05) is 19.1 Å². The summed E-state index contributed by atoms with van der Waals surface area (Å²) in [5.74, 6) is 0.150. The Kier molecular flexibility index (Phi) is 5.85. The van der Waals surface area contributed by atoms with Gasteiger partial charge in [-0.1, -0.05) is 42.3 Å². The third kappa shape index (κ3) is 4.60. The predicted octanol–water partition coefficient (Wildman–Crippen LogP) is 4.82. The van der Waals surface area contributed by atoms with Gasteiger partial charge in [-0.05, 0) is 30.3 Å². The summed E-state index contributed by atoms with van der Waals surface area (Å²) in [5.41, 5.74) is 1.60. The molecule has 0 spiro atoms. The molecule has 0 amide bonds. The Labute approximate surface area is 133 Å². The van der Waals surface area contributed by atoms with Crippen molar-refractivity contribution >= 4 is 23.2 Å². The molecule has 5 heteroatoms. The van der Waals surface area contributed by atoms with Crippen molar-refractivity contribution in [1.29, 1.82) is 0 Å². The number of hydrogen-bond donors (Lipinski definition) is 1. The van der Waals surface area contributed by atoms with E-state index in [1.54, 1.807) is 12.1 Å². The molecular formula is C16H16Cl2FNO. The first-order chi connectivity index (χ1) is 10.1. The molecule has 0 aliphatic heterocycles. The molecule has 2 nitrogen and oxygen atoms in total. The molecule has 0 saturated heterocycles. The van der Waals surface area contributed by atoms with Gasteiger partial charge in [0.2, 0.25) is 0 Å². The minimum Gasteiger partial charge on any atom is -0.489 e. The zero-order chi connectivity index (χ0) is 15.2. The highest BCUT2D eigenvalue weighted by atomic mass is 35.5. The molecule has 2 aromatic carbocycles. The Morgan fingerprint density at radius 1 is 1.19 bits per heavy atom. The largest absolute Gasteiger partial charge is 0.489 e. The molecule has 0 aliphatic rings. The minimum atomic E-state index is -0.322. The van der Waals surface area contributed by atoms with E-state index in [1.165, 1.54) is 12.1 Å². The Balaban J connectivity index is 2.09. The van der Waals surface area contributed by atoms with E-state index in [-0.39, 0.29) is 12.4 Å². The van der Waals surface area contributed by atoms with Gasteiger partial charge in [0.05, 0.1) is 10.0 Å². The van der Waals surface area contributed by atoms with E-state index in [0.29, 0.717) is 22.3 Å². The lowest BCUT2D eigenvalue weighted by molar-refractivity contribution is 0.304. The van der Waals surface area contributed by atoms with Gasteiger partial charge in [0.1, 0.15) is 18.2 Å². The number of rotatable bonds is 6. The fraction of sp³-hybridized carbons (Fsp3) is 0.250. The molecule has 0 heterocycles. The van der Waals surface area contributed by atoms with Crippen molar-refractivity contribution in [3.8, 4) is 5.75 Å². The first kappa shape index (κ1) is 16.1. The Morgan fingerprint density at radius 3 is 2.76 bits per heavy atom. The predicted molar refractivity (Wildman–Crippen MR) is 84.6 cm³/mol. The van der Waals surface area contributed by atoms with Crippen molar-refractivity contribution in [3.63, 3.8) is 0 Å². The lowest BCUT2D eigenvalue weighted by atomic mass is 10.2. The van der Waals surface area contributed by atoms with Crippen molar-refractivity contribution in [1.82, 2.24) is 5.32 Å². The quantitative estimate of drug-likeness (QED) is 0.821. The summed E-state index contributed by atoms with van der Waals surface area (Å²) in [5, 5.41) is 4.09. The van der Waals surface area contributed by atoms with E-state index >= 15 is 0 Å². The third-order valence-corrected chi connectivity index (χ3v) is 3.79. The molecule has 0 radical (unpaired) electrons. The second-order valence-electron chi connectivity index (χ2n) is 4.58. The van der Waals surface area contributed by atoms with Crippen LogP contribution >= 0.6 is 23.2 Å². The van der Waals surface area contributed by atoms with Crippen molar-refractivity contribution < 1.29 is 9.13 Å². The van der Waals surface area contributed by atoms with Crippen LogP contribution in [0, 0.1) is 5.82 Å². The highest BCUT2D eigenvalue weighted by molar-refractivity contribution is 6.42. The minimum absolute atomic E-state index is 0.240. The first-order valence-corrected chi connectivity index (χ1v) is 7.41. The number of nitrogens with one attached hydrogen (secondary N) is 1. The van der Waals surface area contributed by atoms with Crippen LogP contribution in [-0.2, 0) is 13.2 Å². The smallest absolute Gasteiger partial charge is 0.127 e. The maximum Gasteiger partial charge on any atom is 0.127 e. The molecule has 0 aliphatic carbocycles. The summed E-state index contributed by atoms with van der Waals surface area (Å²) < 4.78 is 19.2. The summed E-state index contributed by atoms with van der Waals surface area (Å²) in [7, 11) is 0. The van der Waals surface area contributed by atoms with Crippen LogP contribution in [0.2, 0.25) is 10.0 Å². The molecule has 0 aromatic heterocycles. The van der Waals surface area contributed by atoms with Crippen LogP contribution in [0.25, 0.3) is 0 Å². The molecule has 21 heavy (non-hydrogen) atoms. The van der Waals surface area contributed by atoms with Crippen LogP contribution in [0.15, 0.2) is 36.4 Å². The molecule has 112 valence electrons. The Bertz CT molecular complexity index is 619. The topological polar surface area (TPSA) is 21.3 Å². The van der Waals surface area contributed by atoms with Crippen molar-refractivity contribution in [2.24, 2.45) is 0 Å². The van der Waals surface area contributed by atoms with Crippen LogP contribution in [0.5, 0.6) is 5.75 Å². The maximum atomic E-state index is 13.6. The molecule has 0 atom stereocenters. The van der Waals surface area contributed by atoms with Gasteiger partial charge >= 0.3 is 0 Å². The van der Waals surface area contributed by atoms with Gasteiger partial charge in [-0.3, -0.25) is 0 Å². The number of ether oxygens (including phenoxy) is 1. The Morgan fingerprint density at radius 2 is 2.00 bits per heavy atom. The van der Waals surface area contributed by atoms with E-state index in [2.05, 4.69) is 5.32 Å². The highest BCUT2D eigenvalue weighted by Gasteiger charge is 2.06. The van der Waals surface area contributed by atoms with Crippen molar-refractivity contribution in [2.75, 3.05) is 6.54 Å². The summed E-state index contributed by atoms with van der Waals surface area (Å²) in [6.45, 7) is 3.66. The average Bonchev–Trinajstić information content (AvgIpc) is 2.46. The zero-order valence-electron chi connectivity index (χ0n) is 11.6. The van der Waals surface area contributed by atoms with E-state index in [0.717, 1.165) is 17.7 Å². The molecule has 1 N–H and O–H groups in total. The van der Waals surface area contributed by atoms with Gasteiger partial charge in [-0.25, -0.2) is 4.39 Å². The van der Waals surface area contributed by atoms with E-state index in [4.69, 9.17) is 27.9 Å². The van der Waals surface area contributed by atoms with Crippen LogP contribution < -0.4 is 10.1 Å². The zero-order valence-corrected chi connectivity index (χ0v) is 13.1. The highest BCUT2D eigenvalue weighted by Crippen LogP contribution is 2.27. The summed E-state index contributed by atoms with van der Waals surface area (Å²) in [6, 6.07) is 9.99. The summed E-state index contributed by atoms with van der Waals surface area (Å²) in [6.07, 6.45) is 0. The SMILES string of the molecule is CCNCc1cc(F)cc(OCc2cccc(Cl)c2Cl)c1. The monoisotopic (exact) mass is 327 g/mol. The van der Waals surface area contributed by atoms with Crippen molar-refractivity contribution in [2.45, 2.75) is 20.1 Å². The van der Waals surface area contributed by atoms with Gasteiger partial charge < -0.3 is 10.1 Å². The third-order valence-electron chi connectivity index (χ3n) is 2.94. The van der Waals surface area contributed by atoms with Crippen LogP contribution in [-0.4, -0.2) is 6.54 Å². The second-order valence-corrected chi connectivity index (χ2v) is 5.36. The average molecular weight is 328 g/mol. The lowest BCUT2D eigenvalue weighted by Crippen LogP contribution is -2.12. The molecule has 0 fully saturated rings. The molecule has 2 rings (SSSR count). The van der Waals surface area contributed by atoms with Gasteiger partial charge in [0.25, 0.3) is 0 Å². The molecular weight excluding hydrogens is 312 g/mol. The van der Waals surface area contributed by atoms with Gasteiger partial charge in [-0.2, -0.15) is 0 Å². The fourth-order valence-corrected chi connectivity index (χ4v) is 2.27.